The maximum Gasteiger partial charge on any atom is 0.251 e. The number of fused-ring (bicyclic) bond motifs is 1. The van der Waals surface area contributed by atoms with Crippen LogP contribution in [0.15, 0.2) is 54.7 Å². The zero-order valence-electron chi connectivity index (χ0n) is 14.2. The van der Waals surface area contributed by atoms with Crippen molar-refractivity contribution in [1.29, 1.82) is 0 Å². The smallest absolute Gasteiger partial charge is 0.251 e. The minimum atomic E-state index is -0.179. The Morgan fingerprint density at radius 1 is 1.12 bits per heavy atom. The number of hydrogen-bond donors (Lipinski definition) is 2. The number of aromatic nitrogens is 1. The van der Waals surface area contributed by atoms with E-state index in [4.69, 9.17) is 4.74 Å². The molecule has 2 N–H and O–H groups in total. The van der Waals surface area contributed by atoms with Crippen molar-refractivity contribution in [1.82, 2.24) is 10.3 Å². The van der Waals surface area contributed by atoms with Crippen molar-refractivity contribution in [3.8, 4) is 5.75 Å². The summed E-state index contributed by atoms with van der Waals surface area (Å²) in [6, 6.07) is 15.3. The number of hydrogen-bond acceptors (Lipinski definition) is 2. The summed E-state index contributed by atoms with van der Waals surface area (Å²) in [5.41, 5.74) is 2.77. The van der Waals surface area contributed by atoms with E-state index >= 15 is 0 Å². The van der Waals surface area contributed by atoms with Gasteiger partial charge in [0.1, 0.15) is 5.75 Å². The van der Waals surface area contributed by atoms with Gasteiger partial charge in [-0.3, -0.25) is 4.79 Å². The first kappa shape index (κ1) is 16.1. The van der Waals surface area contributed by atoms with Crippen molar-refractivity contribution < 1.29 is 9.53 Å². The summed E-state index contributed by atoms with van der Waals surface area (Å²) in [7, 11) is 1.61. The minimum Gasteiger partial charge on any atom is -0.497 e. The van der Waals surface area contributed by atoms with Crippen molar-refractivity contribution >= 4 is 16.8 Å². The minimum absolute atomic E-state index is 0.0782. The molecule has 0 atom stereocenters. The van der Waals surface area contributed by atoms with E-state index < -0.39 is 0 Å². The molecule has 24 heavy (non-hydrogen) atoms. The molecule has 0 saturated carbocycles. The van der Waals surface area contributed by atoms with Gasteiger partial charge in [-0.25, -0.2) is 0 Å². The number of carbonyl (C=O) groups excluding carboxylic acids is 1. The summed E-state index contributed by atoms with van der Waals surface area (Å²) < 4.78 is 5.12. The van der Waals surface area contributed by atoms with E-state index in [0.29, 0.717) is 12.1 Å². The van der Waals surface area contributed by atoms with Gasteiger partial charge in [-0.2, -0.15) is 0 Å². The summed E-state index contributed by atoms with van der Waals surface area (Å²) in [4.78, 5) is 15.7. The van der Waals surface area contributed by atoms with Crippen molar-refractivity contribution in [3.63, 3.8) is 0 Å². The predicted octanol–water partition coefficient (Wildman–Crippen LogP) is 3.88. The quantitative estimate of drug-likeness (QED) is 0.749. The van der Waals surface area contributed by atoms with E-state index in [2.05, 4.69) is 36.3 Å². The number of nitrogens with one attached hydrogen (secondary N) is 2. The van der Waals surface area contributed by atoms with Crippen LogP contribution < -0.4 is 10.1 Å². The average molecular weight is 322 g/mol. The highest BCUT2D eigenvalue weighted by atomic mass is 16.5. The summed E-state index contributed by atoms with van der Waals surface area (Å²) >= 11 is 0. The highest BCUT2D eigenvalue weighted by molar-refractivity contribution is 5.94. The molecule has 0 bridgehead atoms. The van der Waals surface area contributed by atoms with Gasteiger partial charge >= 0.3 is 0 Å². The topological polar surface area (TPSA) is 54.1 Å². The molecule has 1 aromatic heterocycles. The molecular weight excluding hydrogens is 300 g/mol. The zero-order valence-corrected chi connectivity index (χ0v) is 14.2. The molecule has 2 aromatic carbocycles. The number of ether oxygens (including phenoxy) is 1. The van der Waals surface area contributed by atoms with Gasteiger partial charge in [-0.15, -0.1) is 0 Å². The van der Waals surface area contributed by atoms with Crippen LogP contribution in [0.25, 0.3) is 10.9 Å². The third-order valence-electron chi connectivity index (χ3n) is 4.36. The van der Waals surface area contributed by atoms with Crippen LogP contribution in [0.4, 0.5) is 0 Å². The number of methoxy groups -OCH3 is 1. The van der Waals surface area contributed by atoms with E-state index in [1.54, 1.807) is 31.4 Å². The van der Waals surface area contributed by atoms with Crippen molar-refractivity contribution in [2.75, 3.05) is 13.7 Å². The second kappa shape index (κ2) is 6.40. The molecule has 4 nitrogen and oxygen atoms in total. The number of rotatable bonds is 5. The van der Waals surface area contributed by atoms with Crippen LogP contribution in [0.5, 0.6) is 5.75 Å². The van der Waals surface area contributed by atoms with Gasteiger partial charge in [0.2, 0.25) is 0 Å². The average Bonchev–Trinajstić information content (AvgIpc) is 3.05. The molecule has 0 radical (unpaired) electrons. The molecule has 1 heterocycles. The fourth-order valence-corrected chi connectivity index (χ4v) is 2.87. The van der Waals surface area contributed by atoms with Crippen LogP contribution in [-0.4, -0.2) is 24.5 Å². The van der Waals surface area contributed by atoms with Crippen molar-refractivity contribution in [2.24, 2.45) is 0 Å². The van der Waals surface area contributed by atoms with E-state index in [-0.39, 0.29) is 11.3 Å². The SMILES string of the molecule is COc1ccc(C(=O)NCC(C)(C)c2c[nH]c3ccccc23)cc1. The molecule has 0 aliphatic rings. The third kappa shape index (κ3) is 3.13. The maximum atomic E-state index is 12.4. The lowest BCUT2D eigenvalue weighted by atomic mass is 9.84. The van der Waals surface area contributed by atoms with Crippen LogP contribution in [0.3, 0.4) is 0 Å². The van der Waals surface area contributed by atoms with Gasteiger partial charge in [0.15, 0.2) is 0 Å². The summed E-state index contributed by atoms with van der Waals surface area (Å²) in [5, 5.41) is 4.23. The highest BCUT2D eigenvalue weighted by Gasteiger charge is 2.24. The van der Waals surface area contributed by atoms with Crippen LogP contribution in [-0.2, 0) is 5.41 Å². The zero-order chi connectivity index (χ0) is 17.2. The summed E-state index contributed by atoms with van der Waals surface area (Å²) in [6.07, 6.45) is 2.03. The van der Waals surface area contributed by atoms with Gasteiger partial charge in [-0.1, -0.05) is 32.0 Å². The number of H-pyrrole nitrogens is 1. The number of para-hydroxylation sites is 1. The van der Waals surface area contributed by atoms with Crippen LogP contribution in [0.1, 0.15) is 29.8 Å². The molecule has 0 aliphatic carbocycles. The molecule has 3 rings (SSSR count). The molecule has 0 unspecified atom stereocenters. The van der Waals surface area contributed by atoms with Gasteiger partial charge in [0.05, 0.1) is 7.11 Å². The van der Waals surface area contributed by atoms with Gasteiger partial charge in [0.25, 0.3) is 5.91 Å². The molecule has 0 spiro atoms. The molecule has 0 fully saturated rings. The molecule has 0 aliphatic heterocycles. The number of benzene rings is 2. The third-order valence-corrected chi connectivity index (χ3v) is 4.36. The Morgan fingerprint density at radius 2 is 1.83 bits per heavy atom. The lowest BCUT2D eigenvalue weighted by Crippen LogP contribution is -2.36. The molecule has 1 amide bonds. The van der Waals surface area contributed by atoms with E-state index in [1.165, 1.54) is 10.9 Å². The Morgan fingerprint density at radius 3 is 2.54 bits per heavy atom. The van der Waals surface area contributed by atoms with E-state index in [0.717, 1.165) is 11.3 Å². The fourth-order valence-electron chi connectivity index (χ4n) is 2.87. The molecule has 0 saturated heterocycles. The Hall–Kier alpha value is -2.75. The Labute approximate surface area is 141 Å². The normalized spacial score (nSPS) is 11.5. The molecule has 124 valence electrons. The standard InChI is InChI=1S/C20H22N2O2/c1-20(2,17-12-21-18-7-5-4-6-16(17)18)13-22-19(23)14-8-10-15(24-3)11-9-14/h4-12,21H,13H2,1-3H3,(H,22,23). The Balaban J connectivity index is 1.73. The first-order valence-corrected chi connectivity index (χ1v) is 8.00. The van der Waals surface area contributed by atoms with E-state index in [1.807, 2.05) is 18.3 Å². The Bertz CT molecular complexity index is 847. The summed E-state index contributed by atoms with van der Waals surface area (Å²) in [6.45, 7) is 4.83. The predicted molar refractivity (Wildman–Crippen MR) is 96.7 cm³/mol. The van der Waals surface area contributed by atoms with Crippen molar-refractivity contribution in [3.05, 3.63) is 65.9 Å². The largest absolute Gasteiger partial charge is 0.497 e. The van der Waals surface area contributed by atoms with Crippen LogP contribution in [0.2, 0.25) is 0 Å². The van der Waals surface area contributed by atoms with E-state index in [9.17, 15) is 4.79 Å². The lowest BCUT2D eigenvalue weighted by Gasteiger charge is -2.25. The highest BCUT2D eigenvalue weighted by Crippen LogP contribution is 2.29. The number of carbonyl (C=O) groups is 1. The molecule has 4 heteroatoms. The molecular formula is C20H22N2O2. The number of aromatic amines is 1. The number of amides is 1. The van der Waals surface area contributed by atoms with Crippen molar-refractivity contribution in [2.45, 2.75) is 19.3 Å². The summed E-state index contributed by atoms with van der Waals surface area (Å²) in [5.74, 6) is 0.663. The second-order valence-corrected chi connectivity index (χ2v) is 6.54. The van der Waals surface area contributed by atoms with Crippen LogP contribution >= 0.6 is 0 Å². The monoisotopic (exact) mass is 322 g/mol. The van der Waals surface area contributed by atoms with Gasteiger partial charge in [0, 0.05) is 34.6 Å². The lowest BCUT2D eigenvalue weighted by molar-refractivity contribution is 0.0945. The fraction of sp³-hybridized carbons (Fsp3) is 0.250. The Kier molecular flexibility index (Phi) is 4.30. The first-order valence-electron chi connectivity index (χ1n) is 8.00. The molecule has 3 aromatic rings. The van der Waals surface area contributed by atoms with Gasteiger partial charge < -0.3 is 15.0 Å². The van der Waals surface area contributed by atoms with Gasteiger partial charge in [-0.05, 0) is 35.9 Å². The second-order valence-electron chi connectivity index (χ2n) is 6.54. The van der Waals surface area contributed by atoms with Crippen LogP contribution in [0, 0.1) is 0 Å². The maximum absolute atomic E-state index is 12.4. The first-order chi connectivity index (χ1) is 11.5.